The number of pyridine rings is 1. The summed E-state index contributed by atoms with van der Waals surface area (Å²) >= 11 is 0. The van der Waals surface area contributed by atoms with E-state index in [9.17, 15) is 14.0 Å². The molecule has 0 bridgehead atoms. The minimum Gasteiger partial charge on any atom is -0.467 e. The summed E-state index contributed by atoms with van der Waals surface area (Å²) in [5.41, 5.74) is 0.0953. The standard InChI is InChI=1S/C9H8FNO3/c1-14-9(13)7(10)8(12)6-2-4-11-5-3-6/h2-5,7H,1H3. The van der Waals surface area contributed by atoms with Crippen molar-refractivity contribution in [2.75, 3.05) is 7.11 Å². The molecular weight excluding hydrogens is 189 g/mol. The van der Waals surface area contributed by atoms with Gasteiger partial charge in [0.25, 0.3) is 6.17 Å². The Morgan fingerprint density at radius 2 is 2.00 bits per heavy atom. The second-order valence-corrected chi connectivity index (χ2v) is 2.49. The Kier molecular flexibility index (Phi) is 3.28. The van der Waals surface area contributed by atoms with Crippen molar-refractivity contribution in [3.05, 3.63) is 30.1 Å². The highest BCUT2D eigenvalue weighted by Crippen LogP contribution is 2.06. The molecule has 0 radical (unpaired) electrons. The fraction of sp³-hybridized carbons (Fsp3) is 0.222. The van der Waals surface area contributed by atoms with Crippen LogP contribution < -0.4 is 0 Å². The number of ketones is 1. The first-order valence-electron chi connectivity index (χ1n) is 3.83. The summed E-state index contributed by atoms with van der Waals surface area (Å²) in [6.45, 7) is 0. The monoisotopic (exact) mass is 197 g/mol. The van der Waals surface area contributed by atoms with Crippen molar-refractivity contribution in [3.8, 4) is 0 Å². The summed E-state index contributed by atoms with van der Waals surface area (Å²) in [6.07, 6.45) is 0.427. The quantitative estimate of drug-likeness (QED) is 0.408. The Morgan fingerprint density at radius 3 is 2.50 bits per heavy atom. The average Bonchev–Trinajstić information content (AvgIpc) is 2.27. The lowest BCUT2D eigenvalue weighted by Crippen LogP contribution is -2.26. The molecule has 0 aromatic carbocycles. The van der Waals surface area contributed by atoms with Crippen LogP contribution in [0.15, 0.2) is 24.5 Å². The van der Waals surface area contributed by atoms with Gasteiger partial charge in [-0.15, -0.1) is 0 Å². The molecule has 0 spiro atoms. The van der Waals surface area contributed by atoms with Gasteiger partial charge in [0.2, 0.25) is 5.78 Å². The van der Waals surface area contributed by atoms with E-state index in [4.69, 9.17) is 0 Å². The lowest BCUT2D eigenvalue weighted by Gasteiger charge is -2.04. The Labute approximate surface area is 79.7 Å². The van der Waals surface area contributed by atoms with Crippen LogP contribution in [0.4, 0.5) is 4.39 Å². The molecule has 14 heavy (non-hydrogen) atoms. The molecule has 0 amide bonds. The molecule has 0 aliphatic carbocycles. The highest BCUT2D eigenvalue weighted by molar-refractivity contribution is 6.10. The maximum atomic E-state index is 13.0. The number of aromatic nitrogens is 1. The van der Waals surface area contributed by atoms with Crippen LogP contribution in [0.3, 0.4) is 0 Å². The van der Waals surface area contributed by atoms with Gasteiger partial charge in [-0.25, -0.2) is 9.18 Å². The maximum Gasteiger partial charge on any atom is 0.348 e. The van der Waals surface area contributed by atoms with Crippen molar-refractivity contribution < 1.29 is 18.7 Å². The number of nitrogens with zero attached hydrogens (tertiary/aromatic N) is 1. The van der Waals surface area contributed by atoms with Gasteiger partial charge < -0.3 is 4.74 Å². The largest absolute Gasteiger partial charge is 0.467 e. The minimum absolute atomic E-state index is 0.0953. The minimum atomic E-state index is -2.26. The SMILES string of the molecule is COC(=O)C(F)C(=O)c1ccncc1. The molecule has 1 aromatic heterocycles. The van der Waals surface area contributed by atoms with Crippen LogP contribution in [-0.4, -0.2) is 30.0 Å². The lowest BCUT2D eigenvalue weighted by atomic mass is 10.1. The number of rotatable bonds is 3. The van der Waals surface area contributed by atoms with Gasteiger partial charge in [0, 0.05) is 18.0 Å². The molecule has 1 atom stereocenters. The number of Topliss-reactive ketones (excluding diaryl/α,β-unsaturated/α-hetero) is 1. The van der Waals surface area contributed by atoms with Crippen molar-refractivity contribution in [1.29, 1.82) is 0 Å². The van der Waals surface area contributed by atoms with Crippen molar-refractivity contribution in [2.45, 2.75) is 6.17 Å². The maximum absolute atomic E-state index is 13.0. The van der Waals surface area contributed by atoms with E-state index in [1.807, 2.05) is 0 Å². The number of esters is 1. The molecule has 0 aliphatic rings. The number of alkyl halides is 1. The third-order valence-corrected chi connectivity index (χ3v) is 1.60. The number of methoxy groups -OCH3 is 1. The van der Waals surface area contributed by atoms with Crippen LogP contribution in [0.1, 0.15) is 10.4 Å². The van der Waals surface area contributed by atoms with Crippen LogP contribution in [0.25, 0.3) is 0 Å². The summed E-state index contributed by atoms with van der Waals surface area (Å²) < 4.78 is 17.1. The van der Waals surface area contributed by atoms with Gasteiger partial charge >= 0.3 is 5.97 Å². The number of hydrogen-bond donors (Lipinski definition) is 0. The summed E-state index contributed by atoms with van der Waals surface area (Å²) in [5.74, 6) is -2.11. The van der Waals surface area contributed by atoms with Gasteiger partial charge in [-0.3, -0.25) is 9.78 Å². The molecule has 4 nitrogen and oxygen atoms in total. The smallest absolute Gasteiger partial charge is 0.348 e. The summed E-state index contributed by atoms with van der Waals surface area (Å²) in [6, 6.07) is 2.66. The van der Waals surface area contributed by atoms with Crippen LogP contribution in [0.2, 0.25) is 0 Å². The topological polar surface area (TPSA) is 56.3 Å². The van der Waals surface area contributed by atoms with Gasteiger partial charge in [-0.05, 0) is 12.1 Å². The predicted molar refractivity (Wildman–Crippen MR) is 45.5 cm³/mol. The van der Waals surface area contributed by atoms with E-state index in [1.54, 1.807) is 0 Å². The van der Waals surface area contributed by atoms with Gasteiger partial charge in [0.05, 0.1) is 7.11 Å². The third kappa shape index (κ3) is 2.12. The number of halogens is 1. The zero-order valence-electron chi connectivity index (χ0n) is 7.44. The molecular formula is C9H8FNO3. The summed E-state index contributed by atoms with van der Waals surface area (Å²) in [7, 11) is 1.02. The Hall–Kier alpha value is -1.78. The number of carbonyl (C=O) groups excluding carboxylic acids is 2. The molecule has 0 saturated carbocycles. The van der Waals surface area contributed by atoms with Crippen LogP contribution in [-0.2, 0) is 9.53 Å². The van der Waals surface area contributed by atoms with Gasteiger partial charge in [0.1, 0.15) is 0 Å². The second-order valence-electron chi connectivity index (χ2n) is 2.49. The van der Waals surface area contributed by atoms with Crippen molar-refractivity contribution in [1.82, 2.24) is 4.98 Å². The van der Waals surface area contributed by atoms with Crippen LogP contribution in [0.5, 0.6) is 0 Å². The van der Waals surface area contributed by atoms with Crippen molar-refractivity contribution in [3.63, 3.8) is 0 Å². The Balaban J connectivity index is 2.81. The van der Waals surface area contributed by atoms with Gasteiger partial charge in [-0.1, -0.05) is 0 Å². The van der Waals surface area contributed by atoms with E-state index < -0.39 is 17.9 Å². The van der Waals surface area contributed by atoms with E-state index in [-0.39, 0.29) is 5.56 Å². The van der Waals surface area contributed by atoms with Gasteiger partial charge in [0.15, 0.2) is 0 Å². The molecule has 1 heterocycles. The van der Waals surface area contributed by atoms with E-state index in [0.29, 0.717) is 0 Å². The first-order valence-corrected chi connectivity index (χ1v) is 3.83. The molecule has 0 aliphatic heterocycles. The fourth-order valence-corrected chi connectivity index (χ4v) is 0.873. The first-order chi connectivity index (χ1) is 6.66. The highest BCUT2D eigenvalue weighted by Gasteiger charge is 2.27. The fourth-order valence-electron chi connectivity index (χ4n) is 0.873. The molecule has 5 heteroatoms. The zero-order chi connectivity index (χ0) is 10.6. The molecule has 1 rings (SSSR count). The Morgan fingerprint density at radius 1 is 1.43 bits per heavy atom. The number of carbonyl (C=O) groups is 2. The first kappa shape index (κ1) is 10.3. The number of hydrogen-bond acceptors (Lipinski definition) is 4. The average molecular weight is 197 g/mol. The van der Waals surface area contributed by atoms with Crippen molar-refractivity contribution in [2.24, 2.45) is 0 Å². The molecule has 1 aromatic rings. The lowest BCUT2D eigenvalue weighted by molar-refractivity contribution is -0.144. The molecule has 74 valence electrons. The molecule has 0 N–H and O–H groups in total. The number of ether oxygens (including phenoxy) is 1. The van der Waals surface area contributed by atoms with E-state index in [1.165, 1.54) is 24.5 Å². The summed E-state index contributed by atoms with van der Waals surface area (Å²) in [5, 5.41) is 0. The molecule has 1 unspecified atom stereocenters. The summed E-state index contributed by atoms with van der Waals surface area (Å²) in [4.78, 5) is 25.6. The molecule has 0 saturated heterocycles. The molecule has 0 fully saturated rings. The predicted octanol–water partition coefficient (Wildman–Crippen LogP) is 0.775. The van der Waals surface area contributed by atoms with Crippen LogP contribution in [0, 0.1) is 0 Å². The normalized spacial score (nSPS) is 11.9. The van der Waals surface area contributed by atoms with E-state index in [2.05, 4.69) is 9.72 Å². The van der Waals surface area contributed by atoms with Crippen LogP contribution >= 0.6 is 0 Å². The second kappa shape index (κ2) is 4.45. The van der Waals surface area contributed by atoms with Crippen molar-refractivity contribution >= 4 is 11.8 Å². The van der Waals surface area contributed by atoms with Gasteiger partial charge in [-0.2, -0.15) is 0 Å². The highest BCUT2D eigenvalue weighted by atomic mass is 19.1. The third-order valence-electron chi connectivity index (χ3n) is 1.60. The van der Waals surface area contributed by atoms with E-state index in [0.717, 1.165) is 7.11 Å². The van der Waals surface area contributed by atoms with E-state index >= 15 is 0 Å². The zero-order valence-corrected chi connectivity index (χ0v) is 7.44. The Bertz CT molecular complexity index is 339.